The van der Waals surface area contributed by atoms with Crippen LogP contribution in [0, 0.1) is 0 Å². The molecule has 0 aromatic heterocycles. The van der Waals surface area contributed by atoms with Crippen molar-refractivity contribution < 1.29 is 9.90 Å². The van der Waals surface area contributed by atoms with Crippen LogP contribution in [0.4, 0.5) is 0 Å². The topological polar surface area (TPSA) is 49.3 Å². The fourth-order valence-electron chi connectivity index (χ4n) is 1.90. The molecular formula is C14H19Cl2NO2. The van der Waals surface area contributed by atoms with Crippen LogP contribution in [0.2, 0.25) is 5.02 Å². The van der Waals surface area contributed by atoms with Gasteiger partial charge in [0.15, 0.2) is 0 Å². The van der Waals surface area contributed by atoms with Crippen LogP contribution in [-0.4, -0.2) is 23.0 Å². The molecule has 0 aliphatic heterocycles. The largest absolute Gasteiger partial charge is 0.391 e. The van der Waals surface area contributed by atoms with Crippen molar-refractivity contribution in [3.05, 3.63) is 34.9 Å². The molecule has 0 heterocycles. The van der Waals surface area contributed by atoms with Crippen molar-refractivity contribution in [2.45, 2.75) is 38.3 Å². The van der Waals surface area contributed by atoms with Crippen molar-refractivity contribution in [2.24, 2.45) is 0 Å². The molecule has 0 bridgehead atoms. The number of carbonyl (C=O) groups is 1. The van der Waals surface area contributed by atoms with Gasteiger partial charge in [-0.1, -0.05) is 49.6 Å². The van der Waals surface area contributed by atoms with Crippen LogP contribution >= 0.6 is 23.2 Å². The Morgan fingerprint density at radius 2 is 2.11 bits per heavy atom. The molecule has 5 heteroatoms. The number of nitrogens with one attached hydrogen (secondary N) is 1. The molecular weight excluding hydrogens is 285 g/mol. The first-order valence-corrected chi connectivity index (χ1v) is 7.29. The number of hydrogen-bond acceptors (Lipinski definition) is 2. The predicted molar refractivity (Wildman–Crippen MR) is 78.6 cm³/mol. The molecule has 0 saturated carbocycles. The highest BCUT2D eigenvalue weighted by molar-refractivity contribution is 6.31. The van der Waals surface area contributed by atoms with Gasteiger partial charge >= 0.3 is 0 Å². The van der Waals surface area contributed by atoms with Crippen LogP contribution in [-0.2, 0) is 4.79 Å². The van der Waals surface area contributed by atoms with Gasteiger partial charge in [-0.3, -0.25) is 4.79 Å². The Balaban J connectivity index is 2.91. The maximum absolute atomic E-state index is 11.5. The zero-order valence-corrected chi connectivity index (χ0v) is 12.4. The molecule has 2 N–H and O–H groups in total. The third kappa shape index (κ3) is 5.01. The summed E-state index contributed by atoms with van der Waals surface area (Å²) in [4.78, 5) is 11.5. The number of benzene rings is 1. The molecule has 1 aromatic carbocycles. The zero-order valence-electron chi connectivity index (χ0n) is 10.9. The number of amides is 1. The van der Waals surface area contributed by atoms with Crippen LogP contribution in [0.5, 0.6) is 0 Å². The zero-order chi connectivity index (χ0) is 14.3. The SMILES string of the molecule is CCCCC(O)C(NC(=O)CCl)c1ccccc1Cl. The van der Waals surface area contributed by atoms with Crippen LogP contribution in [0.1, 0.15) is 37.8 Å². The van der Waals surface area contributed by atoms with E-state index in [1.54, 1.807) is 12.1 Å². The van der Waals surface area contributed by atoms with Crippen molar-refractivity contribution >= 4 is 29.1 Å². The van der Waals surface area contributed by atoms with Gasteiger partial charge in [0, 0.05) is 5.02 Å². The van der Waals surface area contributed by atoms with Crippen LogP contribution in [0.3, 0.4) is 0 Å². The first kappa shape index (κ1) is 16.3. The summed E-state index contributed by atoms with van der Waals surface area (Å²) in [5.41, 5.74) is 0.714. The standard InChI is InChI=1S/C14H19Cl2NO2/c1-2-3-8-12(18)14(17-13(19)9-15)10-6-4-5-7-11(10)16/h4-7,12,14,18H,2-3,8-9H2,1H3,(H,17,19). The van der Waals surface area contributed by atoms with Crippen LogP contribution < -0.4 is 5.32 Å². The highest BCUT2D eigenvalue weighted by Crippen LogP contribution is 2.27. The van der Waals surface area contributed by atoms with Crippen molar-refractivity contribution in [1.29, 1.82) is 0 Å². The smallest absolute Gasteiger partial charge is 0.235 e. The summed E-state index contributed by atoms with van der Waals surface area (Å²) < 4.78 is 0. The molecule has 0 aliphatic rings. The second-order valence-corrected chi connectivity index (χ2v) is 5.08. The van der Waals surface area contributed by atoms with E-state index in [1.807, 2.05) is 12.1 Å². The summed E-state index contributed by atoms with van der Waals surface area (Å²) in [6, 6.07) is 6.66. The Hall–Kier alpha value is -0.770. The second kappa shape index (κ2) is 8.41. The number of hydrogen-bond donors (Lipinski definition) is 2. The maximum Gasteiger partial charge on any atom is 0.235 e. The monoisotopic (exact) mass is 303 g/mol. The van der Waals surface area contributed by atoms with E-state index >= 15 is 0 Å². The Bertz CT molecular complexity index is 412. The van der Waals surface area contributed by atoms with Crippen LogP contribution in [0.25, 0.3) is 0 Å². The number of alkyl halides is 1. The number of unbranched alkanes of at least 4 members (excludes halogenated alkanes) is 1. The lowest BCUT2D eigenvalue weighted by atomic mass is 9.97. The van der Waals surface area contributed by atoms with Crippen molar-refractivity contribution in [1.82, 2.24) is 5.32 Å². The van der Waals surface area contributed by atoms with Gasteiger partial charge in [0.1, 0.15) is 5.88 Å². The van der Waals surface area contributed by atoms with Gasteiger partial charge in [-0.2, -0.15) is 0 Å². The van der Waals surface area contributed by atoms with E-state index < -0.39 is 12.1 Å². The van der Waals surface area contributed by atoms with E-state index in [0.717, 1.165) is 12.8 Å². The molecule has 0 saturated heterocycles. The first-order chi connectivity index (χ1) is 9.10. The van der Waals surface area contributed by atoms with Gasteiger partial charge in [-0.15, -0.1) is 11.6 Å². The van der Waals surface area contributed by atoms with Gasteiger partial charge in [0.25, 0.3) is 0 Å². The van der Waals surface area contributed by atoms with Crippen LogP contribution in [0.15, 0.2) is 24.3 Å². The molecule has 2 atom stereocenters. The molecule has 0 spiro atoms. The summed E-state index contributed by atoms with van der Waals surface area (Å²) in [5.74, 6) is -0.455. The summed E-state index contributed by atoms with van der Waals surface area (Å²) in [6.07, 6.45) is 1.80. The normalized spacial score (nSPS) is 13.9. The third-order valence-corrected chi connectivity index (χ3v) is 3.50. The average molecular weight is 304 g/mol. The van der Waals surface area contributed by atoms with Gasteiger partial charge in [-0.25, -0.2) is 0 Å². The van der Waals surface area contributed by atoms with Gasteiger partial charge in [0.2, 0.25) is 5.91 Å². The molecule has 19 heavy (non-hydrogen) atoms. The fourth-order valence-corrected chi connectivity index (χ4v) is 2.23. The quantitative estimate of drug-likeness (QED) is 0.759. The molecule has 1 rings (SSSR count). The summed E-state index contributed by atoms with van der Waals surface area (Å²) in [7, 11) is 0. The van der Waals surface area contributed by atoms with E-state index in [2.05, 4.69) is 12.2 Å². The van der Waals surface area contributed by atoms with E-state index in [4.69, 9.17) is 23.2 Å². The Morgan fingerprint density at radius 1 is 1.42 bits per heavy atom. The highest BCUT2D eigenvalue weighted by Gasteiger charge is 2.24. The van der Waals surface area contributed by atoms with Crippen molar-refractivity contribution in [2.75, 3.05) is 5.88 Å². The van der Waals surface area contributed by atoms with Crippen molar-refractivity contribution in [3.63, 3.8) is 0 Å². The minimum atomic E-state index is -0.674. The van der Waals surface area contributed by atoms with Gasteiger partial charge in [0.05, 0.1) is 12.1 Å². The third-order valence-electron chi connectivity index (χ3n) is 2.92. The molecule has 3 nitrogen and oxygen atoms in total. The summed E-state index contributed by atoms with van der Waals surface area (Å²) in [6.45, 7) is 2.05. The number of aliphatic hydroxyl groups excluding tert-OH is 1. The van der Waals surface area contributed by atoms with E-state index in [0.29, 0.717) is 17.0 Å². The number of aliphatic hydroxyl groups is 1. The maximum atomic E-state index is 11.5. The lowest BCUT2D eigenvalue weighted by Crippen LogP contribution is -2.37. The molecule has 0 aliphatic carbocycles. The molecule has 0 radical (unpaired) electrons. The Morgan fingerprint density at radius 3 is 2.68 bits per heavy atom. The number of carbonyl (C=O) groups excluding carboxylic acids is 1. The Labute approximate surface area is 123 Å². The molecule has 106 valence electrons. The van der Waals surface area contributed by atoms with E-state index in [1.165, 1.54) is 0 Å². The molecule has 1 aromatic rings. The lowest BCUT2D eigenvalue weighted by molar-refractivity contribution is -0.120. The summed E-state index contributed by atoms with van der Waals surface area (Å²) in [5, 5.41) is 13.5. The second-order valence-electron chi connectivity index (χ2n) is 4.41. The van der Waals surface area contributed by atoms with Gasteiger partial charge < -0.3 is 10.4 Å². The molecule has 2 unspecified atom stereocenters. The molecule has 0 fully saturated rings. The van der Waals surface area contributed by atoms with Crippen molar-refractivity contribution in [3.8, 4) is 0 Å². The van der Waals surface area contributed by atoms with Gasteiger partial charge in [-0.05, 0) is 18.1 Å². The first-order valence-electron chi connectivity index (χ1n) is 6.38. The average Bonchev–Trinajstić information content (AvgIpc) is 2.42. The number of halogens is 2. The minimum absolute atomic E-state index is 0.137. The fraction of sp³-hybridized carbons (Fsp3) is 0.500. The highest BCUT2D eigenvalue weighted by atomic mass is 35.5. The lowest BCUT2D eigenvalue weighted by Gasteiger charge is -2.25. The Kier molecular flexibility index (Phi) is 7.21. The summed E-state index contributed by atoms with van der Waals surface area (Å²) >= 11 is 11.6. The van der Waals surface area contributed by atoms with E-state index in [-0.39, 0.29) is 11.8 Å². The van der Waals surface area contributed by atoms with E-state index in [9.17, 15) is 9.90 Å². The predicted octanol–water partition coefficient (Wildman–Crippen LogP) is 3.29. The number of rotatable bonds is 7. The minimum Gasteiger partial charge on any atom is -0.391 e. The molecule has 1 amide bonds.